The van der Waals surface area contributed by atoms with Crippen molar-refractivity contribution in [2.75, 3.05) is 19.6 Å². The number of primary amides is 1. The Balaban J connectivity index is 1.73. The van der Waals surface area contributed by atoms with Crippen LogP contribution < -0.4 is 5.73 Å². The molecule has 1 aromatic rings. The molecule has 0 saturated carbocycles. The van der Waals surface area contributed by atoms with E-state index in [0.717, 1.165) is 24.8 Å². The maximum absolute atomic E-state index is 12.8. The average Bonchev–Trinajstić information content (AvgIpc) is 2.95. The molecule has 0 aromatic heterocycles. The third kappa shape index (κ3) is 3.13. The number of ketones is 1. The Hall–Kier alpha value is -2.37. The van der Waals surface area contributed by atoms with Crippen molar-refractivity contribution in [3.8, 4) is 0 Å². The monoisotopic (exact) mass is 329 g/mol. The highest BCUT2D eigenvalue weighted by Gasteiger charge is 2.35. The first kappa shape index (κ1) is 16.5. The standard InChI is InChI=1S/C18H23N3O3/c1-12(22)14-5-4-13-6-9-20(10-7-15(13)11-14)17(23)16-3-2-8-21(16)18(19)24/h4-5,11,16H,2-3,6-10H2,1H3,(H2,19,24)/t16-/m0/s1. The molecule has 1 atom stereocenters. The molecule has 2 aliphatic rings. The van der Waals surface area contributed by atoms with Crippen LogP contribution in [-0.4, -0.2) is 53.2 Å². The fourth-order valence-corrected chi connectivity index (χ4v) is 3.66. The molecule has 0 spiro atoms. The fraction of sp³-hybridized carbons (Fsp3) is 0.500. The molecule has 128 valence electrons. The zero-order valence-corrected chi connectivity index (χ0v) is 14.0. The van der Waals surface area contributed by atoms with Gasteiger partial charge in [-0.05, 0) is 49.8 Å². The van der Waals surface area contributed by atoms with E-state index in [-0.39, 0.29) is 11.7 Å². The predicted octanol–water partition coefficient (Wildman–Crippen LogP) is 1.36. The Morgan fingerprint density at radius 1 is 1.08 bits per heavy atom. The number of fused-ring (bicyclic) bond motifs is 1. The van der Waals surface area contributed by atoms with Gasteiger partial charge >= 0.3 is 6.03 Å². The van der Waals surface area contributed by atoms with Gasteiger partial charge in [0.1, 0.15) is 6.04 Å². The van der Waals surface area contributed by atoms with Gasteiger partial charge in [-0.1, -0.05) is 12.1 Å². The molecule has 1 fully saturated rings. The number of benzene rings is 1. The molecule has 3 amide bonds. The van der Waals surface area contributed by atoms with E-state index in [2.05, 4.69) is 0 Å². The summed E-state index contributed by atoms with van der Waals surface area (Å²) in [6.45, 7) is 3.36. The summed E-state index contributed by atoms with van der Waals surface area (Å²) in [7, 11) is 0. The number of nitrogens with zero attached hydrogens (tertiary/aromatic N) is 2. The number of Topliss-reactive ketones (excluding diaryl/α,β-unsaturated/α-hetero) is 1. The second-order valence-electron chi connectivity index (χ2n) is 6.55. The molecule has 24 heavy (non-hydrogen) atoms. The number of amides is 3. The SMILES string of the molecule is CC(=O)c1ccc2c(c1)CCN(C(=O)[C@@H]1CCCN1C(N)=O)CC2. The van der Waals surface area contributed by atoms with Crippen LogP contribution in [0.4, 0.5) is 4.79 Å². The van der Waals surface area contributed by atoms with Crippen LogP contribution in [0.3, 0.4) is 0 Å². The first-order valence-electron chi connectivity index (χ1n) is 8.45. The van der Waals surface area contributed by atoms with Crippen LogP contribution in [0.1, 0.15) is 41.3 Å². The summed E-state index contributed by atoms with van der Waals surface area (Å²) in [5.41, 5.74) is 8.42. The summed E-state index contributed by atoms with van der Waals surface area (Å²) in [6.07, 6.45) is 2.99. The number of hydrogen-bond donors (Lipinski definition) is 1. The summed E-state index contributed by atoms with van der Waals surface area (Å²) in [4.78, 5) is 39.2. The number of carbonyl (C=O) groups is 3. The summed E-state index contributed by atoms with van der Waals surface area (Å²) < 4.78 is 0. The summed E-state index contributed by atoms with van der Waals surface area (Å²) in [5, 5.41) is 0. The smallest absolute Gasteiger partial charge is 0.315 e. The van der Waals surface area contributed by atoms with Crippen molar-refractivity contribution in [1.82, 2.24) is 9.80 Å². The lowest BCUT2D eigenvalue weighted by Crippen LogP contribution is -2.50. The van der Waals surface area contributed by atoms with Crippen molar-refractivity contribution in [1.29, 1.82) is 0 Å². The first-order chi connectivity index (χ1) is 11.5. The quantitative estimate of drug-likeness (QED) is 0.832. The fourth-order valence-electron chi connectivity index (χ4n) is 3.66. The highest BCUT2D eigenvalue weighted by molar-refractivity contribution is 5.94. The van der Waals surface area contributed by atoms with E-state index in [1.165, 1.54) is 10.5 Å². The third-order valence-corrected chi connectivity index (χ3v) is 5.05. The minimum absolute atomic E-state index is 0.00843. The van der Waals surface area contributed by atoms with Crippen LogP contribution in [0.25, 0.3) is 0 Å². The summed E-state index contributed by atoms with van der Waals surface area (Å²) >= 11 is 0. The molecular weight excluding hydrogens is 306 g/mol. The lowest BCUT2D eigenvalue weighted by molar-refractivity contribution is -0.135. The van der Waals surface area contributed by atoms with Gasteiger partial charge in [-0.25, -0.2) is 4.79 Å². The van der Waals surface area contributed by atoms with Crippen LogP contribution in [0, 0.1) is 0 Å². The Kier molecular flexibility index (Phi) is 4.55. The van der Waals surface area contributed by atoms with Crippen molar-refractivity contribution in [3.05, 3.63) is 34.9 Å². The lowest BCUT2D eigenvalue weighted by atomic mass is 9.99. The first-order valence-corrected chi connectivity index (χ1v) is 8.45. The maximum Gasteiger partial charge on any atom is 0.315 e. The van der Waals surface area contributed by atoms with E-state index in [0.29, 0.717) is 31.6 Å². The summed E-state index contributed by atoms with van der Waals surface area (Å²) in [6, 6.07) is 4.85. The van der Waals surface area contributed by atoms with Crippen LogP contribution in [0.5, 0.6) is 0 Å². The van der Waals surface area contributed by atoms with Crippen LogP contribution in [0.15, 0.2) is 18.2 Å². The van der Waals surface area contributed by atoms with Gasteiger partial charge in [0.25, 0.3) is 0 Å². The molecule has 0 unspecified atom stereocenters. The highest BCUT2D eigenvalue weighted by Crippen LogP contribution is 2.22. The molecule has 2 aliphatic heterocycles. The van der Waals surface area contributed by atoms with Gasteiger partial charge in [-0.2, -0.15) is 0 Å². The maximum atomic E-state index is 12.8. The minimum atomic E-state index is -0.518. The highest BCUT2D eigenvalue weighted by atomic mass is 16.2. The molecule has 3 rings (SSSR count). The molecule has 6 nitrogen and oxygen atoms in total. The Labute approximate surface area is 141 Å². The van der Waals surface area contributed by atoms with Gasteiger partial charge < -0.3 is 15.5 Å². The number of nitrogens with two attached hydrogens (primary N) is 1. The second kappa shape index (κ2) is 6.63. The van der Waals surface area contributed by atoms with E-state index in [9.17, 15) is 14.4 Å². The van der Waals surface area contributed by atoms with Crippen LogP contribution in [0.2, 0.25) is 0 Å². The van der Waals surface area contributed by atoms with Gasteiger partial charge in [0, 0.05) is 25.2 Å². The Morgan fingerprint density at radius 3 is 2.46 bits per heavy atom. The van der Waals surface area contributed by atoms with Crippen molar-refractivity contribution in [3.63, 3.8) is 0 Å². The predicted molar refractivity (Wildman–Crippen MR) is 89.7 cm³/mol. The lowest BCUT2D eigenvalue weighted by Gasteiger charge is -2.28. The van der Waals surface area contributed by atoms with E-state index >= 15 is 0 Å². The molecule has 2 N–H and O–H groups in total. The molecule has 1 aromatic carbocycles. The molecule has 1 saturated heterocycles. The van der Waals surface area contributed by atoms with Crippen molar-refractivity contribution in [2.24, 2.45) is 5.73 Å². The molecule has 6 heteroatoms. The number of likely N-dealkylation sites (tertiary alicyclic amines) is 1. The van der Waals surface area contributed by atoms with Crippen LogP contribution in [-0.2, 0) is 17.6 Å². The van der Waals surface area contributed by atoms with E-state index < -0.39 is 12.1 Å². The minimum Gasteiger partial charge on any atom is -0.351 e. The number of hydrogen-bond acceptors (Lipinski definition) is 3. The van der Waals surface area contributed by atoms with Crippen molar-refractivity contribution < 1.29 is 14.4 Å². The van der Waals surface area contributed by atoms with E-state index in [4.69, 9.17) is 5.73 Å². The molecule has 0 radical (unpaired) electrons. The average molecular weight is 329 g/mol. The number of carbonyl (C=O) groups excluding carboxylic acids is 3. The van der Waals surface area contributed by atoms with Crippen LogP contribution >= 0.6 is 0 Å². The molecule has 0 aliphatic carbocycles. The molecule has 0 bridgehead atoms. The van der Waals surface area contributed by atoms with Gasteiger partial charge in [0.2, 0.25) is 5.91 Å². The normalized spacial score (nSPS) is 20.5. The topological polar surface area (TPSA) is 83.7 Å². The second-order valence-corrected chi connectivity index (χ2v) is 6.55. The van der Waals surface area contributed by atoms with Crippen molar-refractivity contribution in [2.45, 2.75) is 38.6 Å². The number of rotatable bonds is 2. The molecule has 2 heterocycles. The Bertz CT molecular complexity index is 686. The van der Waals surface area contributed by atoms with E-state index in [1.54, 1.807) is 6.92 Å². The molecular formula is C18H23N3O3. The van der Waals surface area contributed by atoms with Gasteiger partial charge in [-0.3, -0.25) is 9.59 Å². The van der Waals surface area contributed by atoms with Gasteiger partial charge in [0.15, 0.2) is 5.78 Å². The van der Waals surface area contributed by atoms with E-state index in [1.807, 2.05) is 23.1 Å². The largest absolute Gasteiger partial charge is 0.351 e. The Morgan fingerprint density at radius 2 is 1.79 bits per heavy atom. The van der Waals surface area contributed by atoms with Gasteiger partial charge in [-0.15, -0.1) is 0 Å². The zero-order valence-electron chi connectivity index (χ0n) is 14.0. The summed E-state index contributed by atoms with van der Waals surface area (Å²) in [5.74, 6) is 0.0453. The van der Waals surface area contributed by atoms with Gasteiger partial charge in [0.05, 0.1) is 0 Å². The number of urea groups is 1. The third-order valence-electron chi connectivity index (χ3n) is 5.05. The zero-order chi connectivity index (χ0) is 17.3. The van der Waals surface area contributed by atoms with Crippen molar-refractivity contribution >= 4 is 17.7 Å².